The number of nitrogens with zero attached hydrogens (tertiary/aromatic N) is 4. The minimum atomic E-state index is -0.410. The first-order chi connectivity index (χ1) is 12.0. The van der Waals surface area contributed by atoms with Gasteiger partial charge in [0.05, 0.1) is 0 Å². The molecule has 0 bridgehead atoms. The van der Waals surface area contributed by atoms with Crippen molar-refractivity contribution in [3.63, 3.8) is 0 Å². The molecule has 2 aromatic heterocycles. The van der Waals surface area contributed by atoms with Crippen LogP contribution in [0.5, 0.6) is 0 Å². The van der Waals surface area contributed by atoms with Gasteiger partial charge in [-0.15, -0.1) is 0 Å². The first-order valence-electron chi connectivity index (χ1n) is 9.47. The maximum absolute atomic E-state index is 12.5. The fourth-order valence-electron chi connectivity index (χ4n) is 3.74. The molecule has 138 valence electrons. The van der Waals surface area contributed by atoms with Gasteiger partial charge in [-0.05, 0) is 25.2 Å². The molecule has 1 fully saturated rings. The van der Waals surface area contributed by atoms with Crippen LogP contribution in [0.2, 0.25) is 0 Å². The largest absolute Gasteiger partial charge is 0.342 e. The van der Waals surface area contributed by atoms with Gasteiger partial charge >= 0.3 is 5.69 Å². The summed E-state index contributed by atoms with van der Waals surface area (Å²) in [6.45, 7) is 7.10. The van der Waals surface area contributed by atoms with E-state index in [0.29, 0.717) is 17.1 Å². The lowest BCUT2D eigenvalue weighted by atomic mass is 10.0. The molecular weight excluding hydrogens is 318 g/mol. The highest BCUT2D eigenvalue weighted by Crippen LogP contribution is 2.25. The van der Waals surface area contributed by atoms with Crippen LogP contribution in [0.3, 0.4) is 0 Å². The van der Waals surface area contributed by atoms with Crippen molar-refractivity contribution in [2.45, 2.75) is 58.9 Å². The summed E-state index contributed by atoms with van der Waals surface area (Å²) in [6, 6.07) is 0. The van der Waals surface area contributed by atoms with E-state index in [-0.39, 0.29) is 5.56 Å². The number of piperidine rings is 1. The molecule has 0 unspecified atom stereocenters. The number of hydrogen-bond donors (Lipinski definition) is 1. The van der Waals surface area contributed by atoms with E-state index in [4.69, 9.17) is 4.98 Å². The topological polar surface area (TPSA) is 75.9 Å². The highest BCUT2D eigenvalue weighted by molar-refractivity contribution is 5.74. The van der Waals surface area contributed by atoms with Crippen molar-refractivity contribution < 1.29 is 0 Å². The summed E-state index contributed by atoms with van der Waals surface area (Å²) in [5.74, 6) is 1.45. The summed E-state index contributed by atoms with van der Waals surface area (Å²) >= 11 is 0. The van der Waals surface area contributed by atoms with Crippen LogP contribution in [-0.2, 0) is 13.6 Å². The number of hydrogen-bond acceptors (Lipinski definition) is 4. The fourth-order valence-corrected chi connectivity index (χ4v) is 3.74. The van der Waals surface area contributed by atoms with E-state index < -0.39 is 5.69 Å². The number of aromatic nitrogens is 4. The van der Waals surface area contributed by atoms with Crippen molar-refractivity contribution in [2.75, 3.05) is 18.0 Å². The first-order valence-corrected chi connectivity index (χ1v) is 9.47. The van der Waals surface area contributed by atoms with E-state index in [1.54, 1.807) is 7.05 Å². The zero-order valence-corrected chi connectivity index (χ0v) is 15.5. The number of rotatable bonds is 6. The second kappa shape index (κ2) is 7.45. The second-order valence-corrected chi connectivity index (χ2v) is 7.31. The minimum absolute atomic E-state index is 0.336. The third-order valence-electron chi connectivity index (χ3n) is 5.16. The molecule has 1 N–H and O–H groups in total. The summed E-state index contributed by atoms with van der Waals surface area (Å²) in [7, 11) is 1.66. The molecule has 1 saturated heterocycles. The van der Waals surface area contributed by atoms with Crippen molar-refractivity contribution in [3.05, 3.63) is 20.8 Å². The number of unbranched alkanes of at least 4 members (excludes halogenated alkanes) is 3. The Morgan fingerprint density at radius 3 is 2.76 bits per heavy atom. The number of anilines is 1. The average molecular weight is 347 g/mol. The maximum atomic E-state index is 12.5. The van der Waals surface area contributed by atoms with Gasteiger partial charge in [0.15, 0.2) is 11.2 Å². The highest BCUT2D eigenvalue weighted by Gasteiger charge is 2.24. The smallest absolute Gasteiger partial charge is 0.329 e. The lowest BCUT2D eigenvalue weighted by molar-refractivity contribution is 0.436. The van der Waals surface area contributed by atoms with Gasteiger partial charge < -0.3 is 9.47 Å². The molecule has 1 aliphatic heterocycles. The van der Waals surface area contributed by atoms with Crippen LogP contribution in [0.25, 0.3) is 11.2 Å². The first kappa shape index (κ1) is 17.8. The van der Waals surface area contributed by atoms with Crippen LogP contribution < -0.4 is 16.1 Å². The molecule has 25 heavy (non-hydrogen) atoms. The standard InChI is InChI=1S/C18H29N5O2/c1-4-5-6-7-11-23-14-15(21(3)18(25)20-16(14)24)19-17(23)22-10-8-9-13(2)12-22/h13H,4-12H2,1-3H3,(H,20,24,25)/t13-/m1/s1. The zero-order valence-electron chi connectivity index (χ0n) is 15.5. The normalized spacial score (nSPS) is 18.2. The molecule has 0 saturated carbocycles. The number of aromatic amines is 1. The monoisotopic (exact) mass is 347 g/mol. The Bertz CT molecular complexity index is 847. The van der Waals surface area contributed by atoms with Gasteiger partial charge in [-0.25, -0.2) is 4.79 Å². The van der Waals surface area contributed by atoms with E-state index in [1.807, 2.05) is 4.57 Å². The van der Waals surface area contributed by atoms with Crippen LogP contribution >= 0.6 is 0 Å². The predicted octanol–water partition coefficient (Wildman–Crippen LogP) is 2.24. The molecule has 3 heterocycles. The van der Waals surface area contributed by atoms with Gasteiger partial charge in [-0.3, -0.25) is 14.3 Å². The zero-order chi connectivity index (χ0) is 18.0. The van der Waals surface area contributed by atoms with Gasteiger partial charge in [0.25, 0.3) is 5.56 Å². The van der Waals surface area contributed by atoms with Crippen molar-refractivity contribution >= 4 is 17.1 Å². The van der Waals surface area contributed by atoms with Crippen LogP contribution in [-0.4, -0.2) is 32.2 Å². The third-order valence-corrected chi connectivity index (χ3v) is 5.16. The lowest BCUT2D eigenvalue weighted by Crippen LogP contribution is -2.36. The molecular formula is C18H29N5O2. The molecule has 3 rings (SSSR count). The summed E-state index contributed by atoms with van der Waals surface area (Å²) in [5.41, 5.74) is 0.258. The average Bonchev–Trinajstić information content (AvgIpc) is 2.97. The van der Waals surface area contributed by atoms with E-state index in [9.17, 15) is 9.59 Å². The number of H-pyrrole nitrogens is 1. The Labute approximate surface area is 147 Å². The van der Waals surface area contributed by atoms with Crippen LogP contribution in [0.4, 0.5) is 5.95 Å². The van der Waals surface area contributed by atoms with Gasteiger partial charge in [0.2, 0.25) is 5.95 Å². The number of fused-ring (bicyclic) bond motifs is 1. The van der Waals surface area contributed by atoms with E-state index in [2.05, 4.69) is 23.7 Å². The Hall–Kier alpha value is -2.05. The third kappa shape index (κ3) is 3.50. The second-order valence-electron chi connectivity index (χ2n) is 7.31. The molecule has 1 atom stereocenters. The van der Waals surface area contributed by atoms with E-state index in [1.165, 1.54) is 23.8 Å². The highest BCUT2D eigenvalue weighted by atomic mass is 16.2. The van der Waals surface area contributed by atoms with Crippen molar-refractivity contribution in [2.24, 2.45) is 13.0 Å². The quantitative estimate of drug-likeness (QED) is 0.813. The van der Waals surface area contributed by atoms with Gasteiger partial charge in [0, 0.05) is 26.7 Å². The van der Waals surface area contributed by atoms with E-state index in [0.717, 1.165) is 44.8 Å². The summed E-state index contributed by atoms with van der Waals surface area (Å²) in [5, 5.41) is 0. The maximum Gasteiger partial charge on any atom is 0.329 e. The molecule has 2 aromatic rings. The Morgan fingerprint density at radius 1 is 1.24 bits per heavy atom. The number of aryl methyl sites for hydroxylation is 2. The van der Waals surface area contributed by atoms with Gasteiger partial charge in [-0.2, -0.15) is 4.98 Å². The Morgan fingerprint density at radius 2 is 2.04 bits per heavy atom. The lowest BCUT2D eigenvalue weighted by Gasteiger charge is -2.32. The minimum Gasteiger partial charge on any atom is -0.342 e. The Balaban J connectivity index is 2.07. The van der Waals surface area contributed by atoms with Gasteiger partial charge in [0.1, 0.15) is 0 Å². The molecule has 1 aliphatic rings. The molecule has 0 radical (unpaired) electrons. The number of nitrogens with one attached hydrogen (secondary N) is 1. The molecule has 0 amide bonds. The fraction of sp³-hybridized carbons (Fsp3) is 0.722. The summed E-state index contributed by atoms with van der Waals surface area (Å²) in [4.78, 5) is 33.8. The van der Waals surface area contributed by atoms with Crippen molar-refractivity contribution in [1.82, 2.24) is 19.1 Å². The van der Waals surface area contributed by atoms with E-state index >= 15 is 0 Å². The molecule has 0 aliphatic carbocycles. The molecule has 0 spiro atoms. The van der Waals surface area contributed by atoms with Crippen molar-refractivity contribution in [3.8, 4) is 0 Å². The summed E-state index contributed by atoms with van der Waals surface area (Å²) < 4.78 is 3.47. The Kier molecular flexibility index (Phi) is 5.30. The predicted molar refractivity (Wildman–Crippen MR) is 100 cm³/mol. The molecule has 0 aromatic carbocycles. The molecule has 7 nitrogen and oxygen atoms in total. The number of imidazole rings is 1. The van der Waals surface area contributed by atoms with Gasteiger partial charge in [-0.1, -0.05) is 33.1 Å². The van der Waals surface area contributed by atoms with Crippen molar-refractivity contribution in [1.29, 1.82) is 0 Å². The molecule has 7 heteroatoms. The van der Waals surface area contributed by atoms with Crippen LogP contribution in [0.1, 0.15) is 52.4 Å². The van der Waals surface area contributed by atoms with Crippen LogP contribution in [0.15, 0.2) is 9.59 Å². The SMILES string of the molecule is CCCCCCn1c(N2CCC[C@@H](C)C2)nc2c1c(=O)[nH]c(=O)n2C. The van der Waals surface area contributed by atoms with Crippen LogP contribution in [0, 0.1) is 5.92 Å². The summed E-state index contributed by atoms with van der Waals surface area (Å²) in [6.07, 6.45) is 6.88.